The zero-order chi connectivity index (χ0) is 25.7. The molecule has 1 amide bonds. The number of benzene rings is 3. The van der Waals surface area contributed by atoms with Crippen molar-refractivity contribution < 1.29 is 9.53 Å². The van der Waals surface area contributed by atoms with Crippen molar-refractivity contribution in [1.82, 2.24) is 14.5 Å². The van der Waals surface area contributed by atoms with Gasteiger partial charge in [-0.3, -0.25) is 14.2 Å². The van der Waals surface area contributed by atoms with Gasteiger partial charge in [-0.2, -0.15) is 0 Å². The maximum Gasteiger partial charge on any atom is 0.266 e. The molecule has 0 N–H and O–H groups in total. The van der Waals surface area contributed by atoms with E-state index in [-0.39, 0.29) is 11.5 Å². The van der Waals surface area contributed by atoms with Crippen molar-refractivity contribution in [3.05, 3.63) is 99.6 Å². The van der Waals surface area contributed by atoms with Crippen molar-refractivity contribution in [3.63, 3.8) is 0 Å². The Labute approximate surface area is 216 Å². The molecule has 1 atom stereocenters. The smallest absolute Gasteiger partial charge is 0.266 e. The molecule has 0 spiro atoms. The van der Waals surface area contributed by atoms with E-state index in [4.69, 9.17) is 21.3 Å². The summed E-state index contributed by atoms with van der Waals surface area (Å²) in [7, 11) is 1.58. The summed E-state index contributed by atoms with van der Waals surface area (Å²) < 4.78 is 6.95. The number of rotatable bonds is 9. The molecule has 0 aliphatic rings. The highest BCUT2D eigenvalue weighted by molar-refractivity contribution is 6.30. The van der Waals surface area contributed by atoms with Crippen LogP contribution in [0.3, 0.4) is 0 Å². The summed E-state index contributed by atoms with van der Waals surface area (Å²) in [6, 6.07) is 21.1. The second kappa shape index (κ2) is 11.4. The van der Waals surface area contributed by atoms with Crippen molar-refractivity contribution in [3.8, 4) is 11.4 Å². The number of ether oxygens (including phenoxy) is 1. The van der Waals surface area contributed by atoms with Gasteiger partial charge in [0.15, 0.2) is 0 Å². The molecule has 186 valence electrons. The van der Waals surface area contributed by atoms with Gasteiger partial charge in [-0.25, -0.2) is 4.98 Å². The van der Waals surface area contributed by atoms with E-state index in [0.29, 0.717) is 51.7 Å². The van der Waals surface area contributed by atoms with Crippen LogP contribution in [-0.2, 0) is 0 Å². The summed E-state index contributed by atoms with van der Waals surface area (Å²) in [6.45, 7) is 4.63. The number of carbonyl (C=O) groups is 1. The summed E-state index contributed by atoms with van der Waals surface area (Å²) in [5, 5.41) is 1.03. The van der Waals surface area contributed by atoms with Crippen LogP contribution < -0.4 is 10.3 Å². The van der Waals surface area contributed by atoms with Gasteiger partial charge in [0.25, 0.3) is 11.5 Å². The molecular formula is C29H30ClN3O3. The van der Waals surface area contributed by atoms with Crippen molar-refractivity contribution >= 4 is 28.4 Å². The summed E-state index contributed by atoms with van der Waals surface area (Å²) in [5.74, 6) is 0.995. The number of aromatic nitrogens is 2. The third-order valence-corrected chi connectivity index (χ3v) is 6.49. The number of hydrogen-bond acceptors (Lipinski definition) is 4. The fourth-order valence-electron chi connectivity index (χ4n) is 4.43. The predicted octanol–water partition coefficient (Wildman–Crippen LogP) is 6.44. The Hall–Kier alpha value is -3.64. The fourth-order valence-corrected chi connectivity index (χ4v) is 4.61. The molecule has 6 nitrogen and oxygen atoms in total. The van der Waals surface area contributed by atoms with E-state index in [0.717, 1.165) is 12.8 Å². The number of amides is 1. The van der Waals surface area contributed by atoms with E-state index in [1.165, 1.54) is 0 Å². The molecule has 3 aromatic carbocycles. The lowest BCUT2D eigenvalue weighted by molar-refractivity contribution is 0.0655. The number of methoxy groups -OCH3 is 1. The summed E-state index contributed by atoms with van der Waals surface area (Å²) >= 11 is 6.31. The Morgan fingerprint density at radius 3 is 2.56 bits per heavy atom. The van der Waals surface area contributed by atoms with Crippen molar-refractivity contribution in [1.29, 1.82) is 0 Å². The second-order valence-electron chi connectivity index (χ2n) is 8.62. The van der Waals surface area contributed by atoms with E-state index < -0.39 is 6.04 Å². The highest BCUT2D eigenvalue weighted by atomic mass is 35.5. The number of unbranched alkanes of at least 4 members (excludes halogenated alkanes) is 1. The van der Waals surface area contributed by atoms with Crippen LogP contribution in [0.25, 0.3) is 16.6 Å². The van der Waals surface area contributed by atoms with Crippen LogP contribution in [0.2, 0.25) is 5.02 Å². The third-order valence-electron chi connectivity index (χ3n) is 6.26. The number of fused-ring (bicyclic) bond motifs is 1. The van der Waals surface area contributed by atoms with Gasteiger partial charge in [-0.15, -0.1) is 0 Å². The fraction of sp³-hybridized carbons (Fsp3) is 0.276. The number of carbonyl (C=O) groups excluding carboxylic acids is 1. The molecule has 0 bridgehead atoms. The van der Waals surface area contributed by atoms with Gasteiger partial charge in [0.1, 0.15) is 11.6 Å². The highest BCUT2D eigenvalue weighted by Crippen LogP contribution is 2.29. The Morgan fingerprint density at radius 1 is 1.06 bits per heavy atom. The van der Waals surface area contributed by atoms with Gasteiger partial charge < -0.3 is 9.64 Å². The average Bonchev–Trinajstić information content (AvgIpc) is 2.90. The van der Waals surface area contributed by atoms with Crippen LogP contribution in [0, 0.1) is 0 Å². The number of halogens is 1. The Kier molecular flexibility index (Phi) is 8.06. The standard InChI is InChI=1S/C29H30ClN3O3/c1-4-6-17-32(28(34)20-11-9-14-23(18-20)36-3)26(5-2)27-31-25-16-8-7-15-24(25)29(35)33(27)22-13-10-12-21(30)19-22/h7-16,18-19,26H,4-6,17H2,1-3H3/t26-/m0/s1. The van der Waals surface area contributed by atoms with Crippen molar-refractivity contribution in [2.75, 3.05) is 13.7 Å². The van der Waals surface area contributed by atoms with Gasteiger partial charge in [-0.1, -0.05) is 56.1 Å². The molecule has 1 heterocycles. The first-order valence-electron chi connectivity index (χ1n) is 12.2. The minimum absolute atomic E-state index is 0.130. The van der Waals surface area contributed by atoms with E-state index in [2.05, 4.69) is 6.92 Å². The molecule has 0 aliphatic carbocycles. The number of hydrogen-bond donors (Lipinski definition) is 0. The molecule has 0 radical (unpaired) electrons. The SMILES string of the molecule is CCCCN(C(=O)c1cccc(OC)c1)[C@@H](CC)c1nc2ccccc2c(=O)n1-c1cccc(Cl)c1. The Bertz CT molecular complexity index is 1430. The first kappa shape index (κ1) is 25.5. The topological polar surface area (TPSA) is 64.4 Å². The number of para-hydroxylation sites is 1. The molecule has 4 rings (SSSR count). The largest absolute Gasteiger partial charge is 0.497 e. The van der Waals surface area contributed by atoms with Crippen LogP contribution in [0.15, 0.2) is 77.6 Å². The van der Waals surface area contributed by atoms with E-state index in [9.17, 15) is 9.59 Å². The summed E-state index contributed by atoms with van der Waals surface area (Å²) in [6.07, 6.45) is 2.32. The van der Waals surface area contributed by atoms with Gasteiger partial charge in [0, 0.05) is 17.1 Å². The highest BCUT2D eigenvalue weighted by Gasteiger charge is 2.29. The third kappa shape index (κ3) is 5.14. The molecule has 36 heavy (non-hydrogen) atoms. The van der Waals surface area contributed by atoms with Crippen LogP contribution >= 0.6 is 11.6 Å². The van der Waals surface area contributed by atoms with Crippen LogP contribution in [0.5, 0.6) is 5.75 Å². The van der Waals surface area contributed by atoms with E-state index in [1.807, 2.05) is 42.2 Å². The van der Waals surface area contributed by atoms with Gasteiger partial charge in [0.2, 0.25) is 0 Å². The lowest BCUT2D eigenvalue weighted by Crippen LogP contribution is -2.39. The normalized spacial score (nSPS) is 11.9. The molecule has 1 aromatic heterocycles. The first-order valence-corrected chi connectivity index (χ1v) is 12.6. The minimum Gasteiger partial charge on any atom is -0.497 e. The van der Waals surface area contributed by atoms with E-state index in [1.54, 1.807) is 54.1 Å². The maximum absolute atomic E-state index is 13.9. The molecule has 4 aromatic rings. The van der Waals surface area contributed by atoms with Crippen LogP contribution in [0.1, 0.15) is 55.3 Å². The molecular weight excluding hydrogens is 474 g/mol. The molecule has 0 saturated heterocycles. The van der Waals surface area contributed by atoms with Crippen LogP contribution in [0.4, 0.5) is 0 Å². The van der Waals surface area contributed by atoms with Crippen LogP contribution in [-0.4, -0.2) is 34.0 Å². The molecule has 0 saturated carbocycles. The zero-order valence-electron chi connectivity index (χ0n) is 20.8. The van der Waals surface area contributed by atoms with Gasteiger partial charge in [-0.05, 0) is 61.4 Å². The molecule has 7 heteroatoms. The molecule has 0 fully saturated rings. The predicted molar refractivity (Wildman–Crippen MR) is 144 cm³/mol. The Morgan fingerprint density at radius 2 is 1.83 bits per heavy atom. The minimum atomic E-state index is -0.438. The second-order valence-corrected chi connectivity index (χ2v) is 9.05. The van der Waals surface area contributed by atoms with Gasteiger partial charge in [0.05, 0.1) is 29.7 Å². The maximum atomic E-state index is 13.9. The monoisotopic (exact) mass is 503 g/mol. The summed E-state index contributed by atoms with van der Waals surface area (Å²) in [4.78, 5) is 34.5. The summed E-state index contributed by atoms with van der Waals surface area (Å²) in [5.41, 5.74) is 1.55. The lowest BCUT2D eigenvalue weighted by atomic mass is 10.1. The van der Waals surface area contributed by atoms with Gasteiger partial charge >= 0.3 is 0 Å². The molecule has 0 aliphatic heterocycles. The Balaban J connectivity index is 1.93. The average molecular weight is 504 g/mol. The quantitative estimate of drug-likeness (QED) is 0.263. The molecule has 0 unspecified atom stereocenters. The van der Waals surface area contributed by atoms with Crippen molar-refractivity contribution in [2.24, 2.45) is 0 Å². The zero-order valence-corrected chi connectivity index (χ0v) is 21.5. The van der Waals surface area contributed by atoms with E-state index >= 15 is 0 Å². The number of nitrogens with zero attached hydrogens (tertiary/aromatic N) is 3. The van der Waals surface area contributed by atoms with Crippen molar-refractivity contribution in [2.45, 2.75) is 39.2 Å². The first-order chi connectivity index (χ1) is 17.5. The lowest BCUT2D eigenvalue weighted by Gasteiger charge is -2.32.